The van der Waals surface area contributed by atoms with Gasteiger partial charge in [-0.3, -0.25) is 19.6 Å². The van der Waals surface area contributed by atoms with Gasteiger partial charge in [-0.05, 0) is 84.4 Å². The maximum absolute atomic E-state index is 13.7. The Labute approximate surface area is 314 Å². The smallest absolute Gasteiger partial charge is 0.185 e. The van der Waals surface area contributed by atoms with Crippen LogP contribution in [0.2, 0.25) is 0 Å². The molecule has 0 saturated carbocycles. The fraction of sp³-hybridized carbons (Fsp3) is 0.349. The zero-order chi connectivity index (χ0) is 37.8. The minimum absolute atomic E-state index is 0.00840. The number of nitrogens with zero attached hydrogens (tertiary/aromatic N) is 2. The van der Waals surface area contributed by atoms with Crippen molar-refractivity contribution in [3.8, 4) is 22.3 Å². The van der Waals surface area contributed by atoms with Crippen LogP contribution >= 0.6 is 0 Å². The second-order valence-electron chi connectivity index (χ2n) is 13.7. The number of nitrogens with one attached hydrogen (secondary N) is 1. The molecule has 11 N–H and O–H groups in total. The summed E-state index contributed by atoms with van der Waals surface area (Å²) in [4.78, 5) is 35.4. The molecule has 0 saturated heterocycles. The van der Waals surface area contributed by atoms with Crippen molar-refractivity contribution in [1.82, 2.24) is 5.32 Å². The van der Waals surface area contributed by atoms with Crippen LogP contribution in [0.4, 0.5) is 0 Å². The molecule has 0 aliphatic heterocycles. The van der Waals surface area contributed by atoms with Gasteiger partial charge in [-0.15, -0.1) is 0 Å². The molecule has 0 fully saturated rings. The Bertz CT molecular complexity index is 1740. The molecule has 0 aromatic heterocycles. The van der Waals surface area contributed by atoms with E-state index in [1.807, 2.05) is 48.5 Å². The summed E-state index contributed by atoms with van der Waals surface area (Å²) in [7, 11) is 0. The molecule has 10 nitrogen and oxygen atoms in total. The molecule has 0 aliphatic carbocycles. The molecule has 0 amide bonds. The van der Waals surface area contributed by atoms with Crippen molar-refractivity contribution in [2.75, 3.05) is 19.6 Å². The zero-order valence-electron chi connectivity index (χ0n) is 30.7. The van der Waals surface area contributed by atoms with Gasteiger partial charge in [0.05, 0.1) is 12.1 Å². The highest BCUT2D eigenvalue weighted by Gasteiger charge is 2.24. The molecule has 0 bridgehead atoms. The third kappa shape index (κ3) is 14.7. The van der Waals surface area contributed by atoms with E-state index in [1.165, 1.54) is 0 Å². The normalized spacial score (nSPS) is 12.7. The van der Waals surface area contributed by atoms with E-state index in [1.54, 1.807) is 0 Å². The first-order chi connectivity index (χ1) is 25.7. The molecule has 53 heavy (non-hydrogen) atoms. The highest BCUT2D eigenvalue weighted by atomic mass is 16.1. The lowest BCUT2D eigenvalue weighted by atomic mass is 9.91. The van der Waals surface area contributed by atoms with Gasteiger partial charge in [0.15, 0.2) is 11.9 Å². The van der Waals surface area contributed by atoms with Gasteiger partial charge in [0.25, 0.3) is 0 Å². The van der Waals surface area contributed by atoms with Gasteiger partial charge in [-0.25, -0.2) is 0 Å². The lowest BCUT2D eigenvalue weighted by Gasteiger charge is -2.24. The second kappa shape index (κ2) is 21.9. The lowest BCUT2D eigenvalue weighted by Crippen LogP contribution is -2.42. The summed E-state index contributed by atoms with van der Waals surface area (Å²) in [6, 6.07) is 35.9. The number of carbonyl (C=O) groups excluding carboxylic acids is 2. The Hall–Kier alpha value is -5.32. The third-order valence-corrected chi connectivity index (χ3v) is 9.40. The summed E-state index contributed by atoms with van der Waals surface area (Å²) in [5.74, 6) is 0.191. The van der Waals surface area contributed by atoms with Crippen molar-refractivity contribution < 1.29 is 9.59 Å². The van der Waals surface area contributed by atoms with E-state index in [9.17, 15) is 9.59 Å². The van der Waals surface area contributed by atoms with Crippen molar-refractivity contribution in [2.24, 2.45) is 44.6 Å². The van der Waals surface area contributed by atoms with Crippen LogP contribution in [0, 0.1) is 5.92 Å². The Kier molecular flexibility index (Phi) is 16.7. The van der Waals surface area contributed by atoms with Crippen LogP contribution < -0.4 is 34.0 Å². The first-order valence-corrected chi connectivity index (χ1v) is 18.6. The monoisotopic (exact) mass is 716 g/mol. The summed E-state index contributed by atoms with van der Waals surface area (Å²) in [5, 5.41) is 3.56. The molecular weight excluding hydrogens is 661 g/mol. The number of rotatable bonds is 23. The van der Waals surface area contributed by atoms with Crippen LogP contribution in [0.3, 0.4) is 0 Å². The van der Waals surface area contributed by atoms with Crippen LogP contribution in [-0.4, -0.2) is 55.2 Å². The van der Waals surface area contributed by atoms with Gasteiger partial charge in [-0.1, -0.05) is 116 Å². The van der Waals surface area contributed by atoms with E-state index in [2.05, 4.69) is 76.0 Å². The average Bonchev–Trinajstić information content (AvgIpc) is 3.17. The molecule has 3 atom stereocenters. The first-order valence-electron chi connectivity index (χ1n) is 18.6. The number of Topliss-reactive ketones (excluding diaryl/α,β-unsaturated/α-hetero) is 2. The standard InChI is InChI=1S/C43H56N8O2/c44-38(27-31-17-21-36(22-18-31)34-12-4-1-5-13-34)41(53)29-33(11-10-26-50-43(47)48)30-51-39(40(52)16-8-3-9-25-49-42(45)46)28-32-19-23-37(24-20-32)35-14-6-2-7-15-35/h1-2,4-7,12-15,17-24,33,38-39,51H,3,8-11,16,25-30,44H2,(H4,45,46,49)(H4,47,48,50)/t33-,38+,39+/m1/s1. The van der Waals surface area contributed by atoms with Gasteiger partial charge < -0.3 is 34.0 Å². The van der Waals surface area contributed by atoms with Gasteiger partial charge in [0.1, 0.15) is 11.6 Å². The quantitative estimate of drug-likeness (QED) is 0.0345. The average molecular weight is 717 g/mol. The van der Waals surface area contributed by atoms with E-state index < -0.39 is 12.1 Å². The molecule has 4 aromatic carbocycles. The fourth-order valence-corrected chi connectivity index (χ4v) is 6.41. The predicted molar refractivity (Wildman–Crippen MR) is 218 cm³/mol. The van der Waals surface area contributed by atoms with Gasteiger partial charge in [0.2, 0.25) is 0 Å². The van der Waals surface area contributed by atoms with Crippen molar-refractivity contribution in [3.05, 3.63) is 120 Å². The highest BCUT2D eigenvalue weighted by Crippen LogP contribution is 2.22. The summed E-state index contributed by atoms with van der Waals surface area (Å²) in [6.45, 7) is 1.49. The van der Waals surface area contributed by atoms with E-state index in [0.29, 0.717) is 51.7 Å². The number of guanidine groups is 2. The molecule has 4 aromatic rings. The number of nitrogens with two attached hydrogens (primary N) is 5. The molecule has 0 aliphatic rings. The van der Waals surface area contributed by atoms with Crippen LogP contribution in [0.25, 0.3) is 22.3 Å². The largest absolute Gasteiger partial charge is 0.370 e. The summed E-state index contributed by atoms with van der Waals surface area (Å²) in [5.41, 5.74) is 35.1. The Balaban J connectivity index is 1.41. The molecule has 0 heterocycles. The lowest BCUT2D eigenvalue weighted by molar-refractivity contribution is -0.121. The molecule has 0 radical (unpaired) electrons. The molecule has 280 valence electrons. The molecule has 10 heteroatoms. The highest BCUT2D eigenvalue weighted by molar-refractivity contribution is 5.85. The molecular formula is C43H56N8O2. The van der Waals surface area contributed by atoms with Gasteiger partial charge in [0, 0.05) is 25.9 Å². The van der Waals surface area contributed by atoms with Crippen LogP contribution in [0.15, 0.2) is 119 Å². The van der Waals surface area contributed by atoms with Crippen LogP contribution in [0.1, 0.15) is 56.1 Å². The minimum atomic E-state index is -0.641. The van der Waals surface area contributed by atoms with Crippen LogP contribution in [0.5, 0.6) is 0 Å². The summed E-state index contributed by atoms with van der Waals surface area (Å²) in [6.07, 6.45) is 5.50. The van der Waals surface area contributed by atoms with E-state index >= 15 is 0 Å². The zero-order valence-corrected chi connectivity index (χ0v) is 30.7. The Morgan fingerprint density at radius 1 is 0.566 bits per heavy atom. The number of unbranched alkanes of at least 4 members (excludes halogenated alkanes) is 2. The van der Waals surface area contributed by atoms with Gasteiger partial charge >= 0.3 is 0 Å². The third-order valence-electron chi connectivity index (χ3n) is 9.40. The summed E-state index contributed by atoms with van der Waals surface area (Å²) < 4.78 is 0. The number of ketones is 2. The SMILES string of the molecule is NC(N)=NCCCCCC(=O)[C@H](Cc1ccc(-c2ccccc2)cc1)NC[C@H](CCCN=C(N)N)CC(=O)[C@@H](N)Cc1ccc(-c2ccccc2)cc1. The fourth-order valence-electron chi connectivity index (χ4n) is 6.41. The summed E-state index contributed by atoms with van der Waals surface area (Å²) >= 11 is 0. The number of carbonyl (C=O) groups is 2. The molecule has 0 unspecified atom stereocenters. The number of benzene rings is 4. The Morgan fingerprint density at radius 3 is 1.58 bits per heavy atom. The maximum atomic E-state index is 13.7. The number of hydrogen-bond donors (Lipinski definition) is 6. The minimum Gasteiger partial charge on any atom is -0.370 e. The van der Waals surface area contributed by atoms with Crippen molar-refractivity contribution in [1.29, 1.82) is 0 Å². The topological polar surface area (TPSA) is 201 Å². The number of hydrogen-bond acceptors (Lipinski definition) is 6. The van der Waals surface area contributed by atoms with Crippen LogP contribution in [-0.2, 0) is 22.4 Å². The molecule has 0 spiro atoms. The Morgan fingerprint density at radius 2 is 1.06 bits per heavy atom. The molecule has 4 rings (SSSR count). The van der Waals surface area contributed by atoms with Crippen molar-refractivity contribution in [3.63, 3.8) is 0 Å². The van der Waals surface area contributed by atoms with E-state index in [-0.39, 0.29) is 35.8 Å². The predicted octanol–water partition coefficient (Wildman–Crippen LogP) is 5.12. The first kappa shape index (κ1) is 40.5. The van der Waals surface area contributed by atoms with E-state index in [0.717, 1.165) is 52.6 Å². The van der Waals surface area contributed by atoms with Crippen molar-refractivity contribution >= 4 is 23.5 Å². The number of aliphatic imine (C=N–C) groups is 2. The van der Waals surface area contributed by atoms with Crippen molar-refractivity contribution in [2.45, 2.75) is 69.9 Å². The second-order valence-corrected chi connectivity index (χ2v) is 13.7. The van der Waals surface area contributed by atoms with Gasteiger partial charge in [-0.2, -0.15) is 0 Å². The van der Waals surface area contributed by atoms with E-state index in [4.69, 9.17) is 28.7 Å². The maximum Gasteiger partial charge on any atom is 0.185 e.